The molecule has 0 aliphatic heterocycles. The van der Waals surface area contributed by atoms with E-state index in [1.807, 2.05) is 14.0 Å². The number of hydrogen-bond donors (Lipinski definition) is 1. The van der Waals surface area contributed by atoms with Crippen molar-refractivity contribution in [3.8, 4) is 0 Å². The van der Waals surface area contributed by atoms with Crippen LogP contribution in [0, 0.1) is 11.8 Å². The Labute approximate surface area is 85.3 Å². The zero-order chi connectivity index (χ0) is 10.9. The van der Waals surface area contributed by atoms with Crippen LogP contribution in [0.25, 0.3) is 0 Å². The summed E-state index contributed by atoms with van der Waals surface area (Å²) < 4.78 is 0. The summed E-state index contributed by atoms with van der Waals surface area (Å²) in [6.07, 6.45) is 1.85. The van der Waals surface area contributed by atoms with E-state index in [1.165, 1.54) is 6.92 Å². The van der Waals surface area contributed by atoms with Gasteiger partial charge in [-0.2, -0.15) is 0 Å². The molecule has 1 fully saturated rings. The largest absolute Gasteiger partial charge is 0.314 e. The maximum absolute atomic E-state index is 11.7. The van der Waals surface area contributed by atoms with Crippen LogP contribution in [0.5, 0.6) is 0 Å². The Bertz CT molecular complexity index is 262. The highest BCUT2D eigenvalue weighted by Gasteiger charge is 2.47. The molecule has 1 aliphatic rings. The van der Waals surface area contributed by atoms with Crippen LogP contribution in [0.2, 0.25) is 0 Å². The first-order chi connectivity index (χ1) is 6.43. The SMILES string of the molecule is CNC1(C)C(C)CCC1C(=O)C(C)=O. The minimum absolute atomic E-state index is 0.139. The highest BCUT2D eigenvalue weighted by Crippen LogP contribution is 2.40. The topological polar surface area (TPSA) is 46.2 Å². The minimum atomic E-state index is -0.314. The van der Waals surface area contributed by atoms with Gasteiger partial charge in [-0.15, -0.1) is 0 Å². The van der Waals surface area contributed by atoms with Gasteiger partial charge in [0.25, 0.3) is 0 Å². The van der Waals surface area contributed by atoms with E-state index in [0.717, 1.165) is 12.8 Å². The van der Waals surface area contributed by atoms with Crippen molar-refractivity contribution >= 4 is 11.6 Å². The summed E-state index contributed by atoms with van der Waals surface area (Å²) in [5.74, 6) is -0.224. The molecule has 3 heteroatoms. The van der Waals surface area contributed by atoms with Crippen molar-refractivity contribution in [3.05, 3.63) is 0 Å². The van der Waals surface area contributed by atoms with E-state index in [4.69, 9.17) is 0 Å². The molecule has 0 aromatic rings. The van der Waals surface area contributed by atoms with Crippen LogP contribution in [-0.2, 0) is 9.59 Å². The van der Waals surface area contributed by atoms with Gasteiger partial charge in [0, 0.05) is 18.4 Å². The van der Waals surface area contributed by atoms with Gasteiger partial charge in [0.2, 0.25) is 5.78 Å². The lowest BCUT2D eigenvalue weighted by molar-refractivity contribution is -0.139. The van der Waals surface area contributed by atoms with Crippen LogP contribution < -0.4 is 5.32 Å². The Morgan fingerprint density at radius 1 is 1.36 bits per heavy atom. The van der Waals surface area contributed by atoms with Gasteiger partial charge in [0.15, 0.2) is 5.78 Å². The maximum Gasteiger partial charge on any atom is 0.202 e. The summed E-state index contributed by atoms with van der Waals surface area (Å²) >= 11 is 0. The van der Waals surface area contributed by atoms with Gasteiger partial charge in [0.1, 0.15) is 0 Å². The second-order valence-electron chi connectivity index (χ2n) is 4.48. The number of hydrogen-bond acceptors (Lipinski definition) is 3. The number of nitrogens with one attached hydrogen (secondary N) is 1. The van der Waals surface area contributed by atoms with Gasteiger partial charge in [-0.25, -0.2) is 0 Å². The normalized spacial score (nSPS) is 37.1. The summed E-state index contributed by atoms with van der Waals surface area (Å²) in [6.45, 7) is 5.53. The maximum atomic E-state index is 11.7. The Morgan fingerprint density at radius 2 is 1.93 bits per heavy atom. The lowest BCUT2D eigenvalue weighted by Gasteiger charge is -2.34. The number of rotatable bonds is 3. The molecule has 0 radical (unpaired) electrons. The van der Waals surface area contributed by atoms with Gasteiger partial charge in [-0.1, -0.05) is 6.92 Å². The van der Waals surface area contributed by atoms with Crippen LogP contribution in [0.1, 0.15) is 33.6 Å². The summed E-state index contributed by atoms with van der Waals surface area (Å²) in [4.78, 5) is 22.7. The smallest absolute Gasteiger partial charge is 0.202 e. The molecule has 0 bridgehead atoms. The van der Waals surface area contributed by atoms with Crippen LogP contribution in [-0.4, -0.2) is 24.2 Å². The second-order valence-corrected chi connectivity index (χ2v) is 4.48. The molecule has 3 nitrogen and oxygen atoms in total. The van der Waals surface area contributed by atoms with Crippen LogP contribution in [0.3, 0.4) is 0 Å². The third-order valence-electron chi connectivity index (χ3n) is 3.84. The molecule has 1 N–H and O–H groups in total. The Morgan fingerprint density at radius 3 is 2.36 bits per heavy atom. The van der Waals surface area contributed by atoms with E-state index in [9.17, 15) is 9.59 Å². The lowest BCUT2D eigenvalue weighted by Crippen LogP contribution is -2.51. The van der Waals surface area contributed by atoms with E-state index in [-0.39, 0.29) is 23.0 Å². The van der Waals surface area contributed by atoms with Gasteiger partial charge < -0.3 is 5.32 Å². The van der Waals surface area contributed by atoms with Gasteiger partial charge in [-0.3, -0.25) is 9.59 Å². The van der Waals surface area contributed by atoms with E-state index in [2.05, 4.69) is 12.2 Å². The fraction of sp³-hybridized carbons (Fsp3) is 0.818. The Hall–Kier alpha value is -0.700. The molecule has 0 saturated heterocycles. The first-order valence-electron chi connectivity index (χ1n) is 5.17. The molecule has 1 aliphatic carbocycles. The molecule has 0 amide bonds. The summed E-state index contributed by atoms with van der Waals surface area (Å²) in [6, 6.07) is 0. The third kappa shape index (κ3) is 1.61. The Balaban J connectivity index is 2.90. The van der Waals surface area contributed by atoms with Gasteiger partial charge in [-0.05, 0) is 32.7 Å². The van der Waals surface area contributed by atoms with Gasteiger partial charge in [0.05, 0.1) is 0 Å². The minimum Gasteiger partial charge on any atom is -0.314 e. The van der Waals surface area contributed by atoms with E-state index in [0.29, 0.717) is 5.92 Å². The van der Waals surface area contributed by atoms with Crippen molar-refractivity contribution in [1.82, 2.24) is 5.32 Å². The Kier molecular flexibility index (Phi) is 3.10. The third-order valence-corrected chi connectivity index (χ3v) is 3.84. The summed E-state index contributed by atoms with van der Waals surface area (Å²) in [7, 11) is 1.86. The van der Waals surface area contributed by atoms with Crippen LogP contribution in [0.15, 0.2) is 0 Å². The van der Waals surface area contributed by atoms with Crippen molar-refractivity contribution in [2.24, 2.45) is 11.8 Å². The first-order valence-corrected chi connectivity index (χ1v) is 5.17. The van der Waals surface area contributed by atoms with Crippen molar-refractivity contribution in [1.29, 1.82) is 0 Å². The number of carbonyl (C=O) groups is 2. The number of ketones is 2. The highest BCUT2D eigenvalue weighted by atomic mass is 16.2. The van der Waals surface area contributed by atoms with E-state index in [1.54, 1.807) is 0 Å². The number of carbonyl (C=O) groups excluding carboxylic acids is 2. The molecule has 3 unspecified atom stereocenters. The van der Waals surface area contributed by atoms with Crippen molar-refractivity contribution in [3.63, 3.8) is 0 Å². The predicted octanol–water partition coefficient (Wildman–Crippen LogP) is 1.17. The van der Waals surface area contributed by atoms with Crippen LogP contribution in [0.4, 0.5) is 0 Å². The van der Waals surface area contributed by atoms with Gasteiger partial charge >= 0.3 is 0 Å². The van der Waals surface area contributed by atoms with Crippen LogP contribution >= 0.6 is 0 Å². The molecule has 14 heavy (non-hydrogen) atoms. The molecule has 1 rings (SSSR count). The fourth-order valence-electron chi connectivity index (χ4n) is 2.43. The molecule has 0 spiro atoms. The molecular formula is C11H19NO2. The monoisotopic (exact) mass is 197 g/mol. The molecule has 0 aromatic heterocycles. The van der Waals surface area contributed by atoms with Crippen molar-refractivity contribution in [2.45, 2.75) is 39.2 Å². The predicted molar refractivity (Wildman–Crippen MR) is 55.0 cm³/mol. The summed E-state index contributed by atoms with van der Waals surface area (Å²) in [5.41, 5.74) is -0.206. The first kappa shape index (κ1) is 11.4. The van der Waals surface area contributed by atoms with Crippen molar-refractivity contribution in [2.75, 3.05) is 7.05 Å². The highest BCUT2D eigenvalue weighted by molar-refractivity contribution is 6.37. The quantitative estimate of drug-likeness (QED) is 0.691. The molecule has 1 saturated carbocycles. The number of Topliss-reactive ketones (excluding diaryl/α,β-unsaturated/α-hetero) is 2. The zero-order valence-corrected chi connectivity index (χ0v) is 9.39. The molecule has 80 valence electrons. The molecule has 0 aromatic carbocycles. The van der Waals surface area contributed by atoms with E-state index >= 15 is 0 Å². The summed E-state index contributed by atoms with van der Waals surface area (Å²) in [5, 5.41) is 3.20. The second kappa shape index (κ2) is 3.81. The lowest BCUT2D eigenvalue weighted by atomic mass is 9.80. The van der Waals surface area contributed by atoms with E-state index < -0.39 is 0 Å². The zero-order valence-electron chi connectivity index (χ0n) is 9.39. The molecule has 0 heterocycles. The average molecular weight is 197 g/mol. The standard InChI is InChI=1S/C11H19NO2/c1-7-5-6-9(10(14)8(2)13)11(7,3)12-4/h7,9,12H,5-6H2,1-4H3. The average Bonchev–Trinajstić information content (AvgIpc) is 2.43. The molecular weight excluding hydrogens is 178 g/mol. The fourth-order valence-corrected chi connectivity index (χ4v) is 2.43. The van der Waals surface area contributed by atoms with Crippen molar-refractivity contribution < 1.29 is 9.59 Å². The molecule has 3 atom stereocenters.